The average molecular weight is 363 g/mol. The van der Waals surface area contributed by atoms with Gasteiger partial charge >= 0.3 is 5.97 Å². The molecule has 6 heteroatoms. The fraction of sp³-hybridized carbons (Fsp3) is 0.238. The van der Waals surface area contributed by atoms with Crippen LogP contribution in [0.2, 0.25) is 0 Å². The lowest BCUT2D eigenvalue weighted by Crippen LogP contribution is -2.25. The molecule has 0 aliphatic heterocycles. The molecule has 0 bridgehead atoms. The zero-order valence-electron chi connectivity index (χ0n) is 14.9. The van der Waals surface area contributed by atoms with Gasteiger partial charge in [-0.05, 0) is 55.7 Å². The van der Waals surface area contributed by atoms with Crippen LogP contribution in [0, 0.1) is 5.92 Å². The Morgan fingerprint density at radius 3 is 2.33 bits per heavy atom. The molecule has 0 fully saturated rings. The molecule has 2 aromatic carbocycles. The van der Waals surface area contributed by atoms with E-state index in [1.807, 2.05) is 36.4 Å². The number of rotatable bonds is 6. The van der Waals surface area contributed by atoms with E-state index in [9.17, 15) is 9.59 Å². The molecule has 6 nitrogen and oxygen atoms in total. The van der Waals surface area contributed by atoms with Gasteiger partial charge in [0.25, 0.3) is 5.91 Å². The third-order valence-corrected chi connectivity index (χ3v) is 4.14. The van der Waals surface area contributed by atoms with E-state index in [0.29, 0.717) is 17.8 Å². The molecule has 0 radical (unpaired) electrons. The van der Waals surface area contributed by atoms with E-state index in [-0.39, 0.29) is 24.4 Å². The summed E-state index contributed by atoms with van der Waals surface area (Å²) in [7, 11) is 0. The van der Waals surface area contributed by atoms with Gasteiger partial charge in [-0.15, -0.1) is 0 Å². The molecule has 0 aromatic heterocycles. The number of hydrogen-bond donors (Lipinski definition) is 1. The number of nitrogens with zero attached hydrogens (tertiary/aromatic N) is 2. The van der Waals surface area contributed by atoms with Crippen LogP contribution in [-0.4, -0.2) is 18.5 Å². The Morgan fingerprint density at radius 1 is 0.963 bits per heavy atom. The van der Waals surface area contributed by atoms with Crippen LogP contribution in [0.15, 0.2) is 77.0 Å². The number of carbonyl (C=O) groups excluding carboxylic acids is 2. The molecular formula is C21H21N3O3. The molecule has 1 aliphatic rings. The van der Waals surface area contributed by atoms with Crippen molar-refractivity contribution in [3.63, 3.8) is 0 Å². The third-order valence-electron chi connectivity index (χ3n) is 4.14. The van der Waals surface area contributed by atoms with Crippen LogP contribution >= 0.6 is 0 Å². The highest BCUT2D eigenvalue weighted by atomic mass is 16.5. The minimum atomic E-state index is -0.367. The number of carbonyl (C=O) groups is 2. The Bertz CT molecular complexity index is 830. The number of anilines is 1. The zero-order valence-corrected chi connectivity index (χ0v) is 14.9. The number of ether oxygens (including phenoxy) is 1. The first kappa shape index (κ1) is 18.5. The molecular weight excluding hydrogens is 342 g/mol. The van der Waals surface area contributed by atoms with Gasteiger partial charge in [-0.25, -0.2) is 0 Å². The van der Waals surface area contributed by atoms with Crippen molar-refractivity contribution in [2.45, 2.75) is 19.3 Å². The summed E-state index contributed by atoms with van der Waals surface area (Å²) in [6.45, 7) is -0.283. The van der Waals surface area contributed by atoms with Crippen molar-refractivity contribution in [1.82, 2.24) is 0 Å². The maximum atomic E-state index is 12.0. The maximum absolute atomic E-state index is 12.0. The Labute approximate surface area is 158 Å². The second-order valence-electron chi connectivity index (χ2n) is 6.22. The second-order valence-corrected chi connectivity index (χ2v) is 6.22. The van der Waals surface area contributed by atoms with Crippen LogP contribution in [0.5, 0.6) is 0 Å². The van der Waals surface area contributed by atoms with E-state index in [4.69, 9.17) is 4.74 Å². The molecule has 3 rings (SSSR count). The number of benzene rings is 2. The fourth-order valence-electron chi connectivity index (χ4n) is 2.68. The SMILES string of the molecule is O=C(COC(=O)[C@H]1CC=CCC1)Nc1ccc(N=Nc2ccccc2)cc1. The molecule has 1 N–H and O–H groups in total. The normalized spacial score (nSPS) is 16.2. The first-order valence-electron chi connectivity index (χ1n) is 8.89. The molecule has 138 valence electrons. The van der Waals surface area contributed by atoms with E-state index in [1.165, 1.54) is 0 Å². The van der Waals surface area contributed by atoms with Gasteiger partial charge in [-0.1, -0.05) is 30.4 Å². The summed E-state index contributed by atoms with van der Waals surface area (Å²) in [6, 6.07) is 16.4. The molecule has 1 amide bonds. The number of esters is 1. The van der Waals surface area contributed by atoms with Gasteiger partial charge in [-0.3, -0.25) is 9.59 Å². The molecule has 0 spiro atoms. The highest BCUT2D eigenvalue weighted by Crippen LogP contribution is 2.21. The van der Waals surface area contributed by atoms with Crippen molar-refractivity contribution in [3.05, 3.63) is 66.7 Å². The van der Waals surface area contributed by atoms with Gasteiger partial charge in [0.05, 0.1) is 17.3 Å². The molecule has 27 heavy (non-hydrogen) atoms. The van der Waals surface area contributed by atoms with Gasteiger partial charge in [-0.2, -0.15) is 10.2 Å². The Balaban J connectivity index is 1.46. The van der Waals surface area contributed by atoms with Crippen molar-refractivity contribution in [2.75, 3.05) is 11.9 Å². The first-order valence-corrected chi connectivity index (χ1v) is 8.89. The standard InChI is InChI=1S/C21H21N3O3/c25-20(15-27-21(26)16-7-3-1-4-8-16)22-17-11-13-19(14-12-17)24-23-18-9-5-2-6-10-18/h1-3,5-6,9-14,16H,4,7-8,15H2,(H,22,25)/t16-/m0/s1. The lowest BCUT2D eigenvalue weighted by atomic mass is 9.95. The topological polar surface area (TPSA) is 80.1 Å². The molecule has 0 heterocycles. The minimum Gasteiger partial charge on any atom is -0.455 e. The number of amides is 1. The number of azo groups is 1. The number of allylic oxidation sites excluding steroid dienone is 2. The predicted molar refractivity (Wildman–Crippen MR) is 103 cm³/mol. The van der Waals surface area contributed by atoms with Gasteiger partial charge in [0.2, 0.25) is 0 Å². The Morgan fingerprint density at radius 2 is 1.67 bits per heavy atom. The van der Waals surface area contributed by atoms with Crippen molar-refractivity contribution in [1.29, 1.82) is 0 Å². The predicted octanol–water partition coefficient (Wildman–Crippen LogP) is 4.94. The van der Waals surface area contributed by atoms with Crippen LogP contribution in [0.1, 0.15) is 19.3 Å². The van der Waals surface area contributed by atoms with Gasteiger partial charge < -0.3 is 10.1 Å². The largest absolute Gasteiger partial charge is 0.455 e. The Hall–Kier alpha value is -3.28. The summed E-state index contributed by atoms with van der Waals surface area (Å²) in [5.74, 6) is -0.823. The average Bonchev–Trinajstić information content (AvgIpc) is 2.73. The van der Waals surface area contributed by atoms with Crippen LogP contribution in [0.4, 0.5) is 17.1 Å². The smallest absolute Gasteiger partial charge is 0.309 e. The molecule has 2 aromatic rings. The highest BCUT2D eigenvalue weighted by molar-refractivity contribution is 5.93. The van der Waals surface area contributed by atoms with Crippen LogP contribution in [0.25, 0.3) is 0 Å². The van der Waals surface area contributed by atoms with Gasteiger partial charge in [0.15, 0.2) is 6.61 Å². The van der Waals surface area contributed by atoms with E-state index < -0.39 is 0 Å². The van der Waals surface area contributed by atoms with E-state index >= 15 is 0 Å². The summed E-state index contributed by atoms with van der Waals surface area (Å²) in [6.07, 6.45) is 6.36. The summed E-state index contributed by atoms with van der Waals surface area (Å²) in [4.78, 5) is 23.9. The molecule has 0 saturated carbocycles. The van der Waals surface area contributed by atoms with E-state index in [0.717, 1.165) is 18.5 Å². The van der Waals surface area contributed by atoms with Crippen molar-refractivity contribution >= 4 is 28.9 Å². The lowest BCUT2D eigenvalue weighted by Gasteiger charge is -2.16. The van der Waals surface area contributed by atoms with Crippen molar-refractivity contribution in [3.8, 4) is 0 Å². The Kier molecular flexibility index (Phi) is 6.46. The first-order chi connectivity index (χ1) is 13.2. The van der Waals surface area contributed by atoms with Gasteiger partial charge in [0.1, 0.15) is 0 Å². The number of nitrogens with one attached hydrogen (secondary N) is 1. The second kappa shape index (κ2) is 9.43. The monoisotopic (exact) mass is 363 g/mol. The molecule has 1 aliphatic carbocycles. The minimum absolute atomic E-state index is 0.142. The zero-order chi connectivity index (χ0) is 18.9. The van der Waals surface area contributed by atoms with Gasteiger partial charge in [0, 0.05) is 5.69 Å². The summed E-state index contributed by atoms with van der Waals surface area (Å²) < 4.78 is 5.11. The quantitative estimate of drug-likeness (QED) is 0.448. The summed E-state index contributed by atoms with van der Waals surface area (Å²) >= 11 is 0. The van der Waals surface area contributed by atoms with Crippen molar-refractivity contribution in [2.24, 2.45) is 16.1 Å². The van der Waals surface area contributed by atoms with Crippen LogP contribution in [-0.2, 0) is 14.3 Å². The highest BCUT2D eigenvalue weighted by Gasteiger charge is 2.20. The van der Waals surface area contributed by atoms with Crippen LogP contribution < -0.4 is 5.32 Å². The third kappa shape index (κ3) is 5.88. The maximum Gasteiger partial charge on any atom is 0.309 e. The molecule has 0 unspecified atom stereocenters. The fourth-order valence-corrected chi connectivity index (χ4v) is 2.68. The summed E-state index contributed by atoms with van der Waals surface area (Å²) in [5.41, 5.74) is 2.05. The van der Waals surface area contributed by atoms with E-state index in [1.54, 1.807) is 24.3 Å². The molecule has 0 saturated heterocycles. The molecule has 1 atom stereocenters. The van der Waals surface area contributed by atoms with E-state index in [2.05, 4.69) is 21.6 Å². The summed E-state index contributed by atoms with van der Waals surface area (Å²) in [5, 5.41) is 11.0. The van der Waals surface area contributed by atoms with Crippen molar-refractivity contribution < 1.29 is 14.3 Å². The van der Waals surface area contributed by atoms with Crippen LogP contribution in [0.3, 0.4) is 0 Å². The number of hydrogen-bond acceptors (Lipinski definition) is 5. The lowest BCUT2D eigenvalue weighted by molar-refractivity contribution is -0.151.